The molecule has 1 atom stereocenters. The van der Waals surface area contributed by atoms with Crippen LogP contribution in [0.15, 0.2) is 72.2 Å². The lowest BCUT2D eigenvalue weighted by molar-refractivity contribution is 0.230. The van der Waals surface area contributed by atoms with Crippen molar-refractivity contribution in [3.8, 4) is 6.07 Å². The molecule has 2 aromatic carbocycles. The van der Waals surface area contributed by atoms with E-state index in [4.69, 9.17) is 15.0 Å². The molecule has 1 aliphatic heterocycles. The Kier molecular flexibility index (Phi) is 3.92. The number of aliphatic imine (C=N–C) groups is 1. The van der Waals surface area contributed by atoms with E-state index < -0.39 is 5.54 Å². The SMILES string of the molecule is N#Cc1ccc2cc(C3=NC(Cn4cncn4)(c4ccccc4)CO3)sc2c1. The number of nitrogens with zero attached hydrogens (tertiary/aromatic N) is 5. The molecule has 3 heterocycles. The highest BCUT2D eigenvalue weighted by Gasteiger charge is 2.40. The van der Waals surface area contributed by atoms with Crippen LogP contribution in [0.5, 0.6) is 0 Å². The topological polar surface area (TPSA) is 76.1 Å². The van der Waals surface area contributed by atoms with Crippen LogP contribution in [0.1, 0.15) is 16.0 Å². The van der Waals surface area contributed by atoms with Gasteiger partial charge < -0.3 is 4.74 Å². The number of hydrogen-bond acceptors (Lipinski definition) is 6. The van der Waals surface area contributed by atoms with Crippen LogP contribution in [0.25, 0.3) is 10.1 Å². The summed E-state index contributed by atoms with van der Waals surface area (Å²) in [7, 11) is 0. The lowest BCUT2D eigenvalue weighted by Gasteiger charge is -2.24. The Morgan fingerprint density at radius 2 is 2.07 bits per heavy atom. The standard InChI is InChI=1S/C21H15N5OS/c22-10-15-6-7-16-9-19(28-18(16)8-15)20-25-21(12-27-20,11-26-14-23-13-24-26)17-4-2-1-3-5-17/h1-9,13-14H,11-12H2. The molecule has 28 heavy (non-hydrogen) atoms. The predicted octanol–water partition coefficient (Wildman–Crippen LogP) is 3.74. The summed E-state index contributed by atoms with van der Waals surface area (Å²) < 4.78 is 8.91. The minimum atomic E-state index is -0.557. The first-order valence-corrected chi connectivity index (χ1v) is 9.62. The van der Waals surface area contributed by atoms with Gasteiger partial charge in [-0.05, 0) is 29.1 Å². The maximum absolute atomic E-state index is 9.13. The molecule has 0 saturated carbocycles. The van der Waals surface area contributed by atoms with E-state index in [2.05, 4.69) is 34.4 Å². The van der Waals surface area contributed by atoms with Gasteiger partial charge in [-0.15, -0.1) is 11.3 Å². The van der Waals surface area contributed by atoms with Gasteiger partial charge >= 0.3 is 0 Å². The number of thiophene rings is 1. The number of fused-ring (bicyclic) bond motifs is 1. The quantitative estimate of drug-likeness (QED) is 0.536. The van der Waals surface area contributed by atoms with Crippen molar-refractivity contribution in [2.75, 3.05) is 6.61 Å². The zero-order chi connectivity index (χ0) is 19.0. The smallest absolute Gasteiger partial charge is 0.227 e. The highest BCUT2D eigenvalue weighted by atomic mass is 32.1. The first kappa shape index (κ1) is 16.7. The number of aromatic nitrogens is 3. The summed E-state index contributed by atoms with van der Waals surface area (Å²) in [4.78, 5) is 10.0. The summed E-state index contributed by atoms with van der Waals surface area (Å²) >= 11 is 1.59. The van der Waals surface area contributed by atoms with Gasteiger partial charge in [-0.25, -0.2) is 9.98 Å². The molecule has 0 radical (unpaired) electrons. The van der Waals surface area contributed by atoms with E-state index in [0.717, 1.165) is 20.5 Å². The van der Waals surface area contributed by atoms with E-state index in [1.54, 1.807) is 22.3 Å². The van der Waals surface area contributed by atoms with Crippen molar-refractivity contribution < 1.29 is 4.74 Å². The third-order valence-corrected chi connectivity index (χ3v) is 5.91. The predicted molar refractivity (Wildman–Crippen MR) is 107 cm³/mol. The van der Waals surface area contributed by atoms with Crippen LogP contribution in [0.4, 0.5) is 0 Å². The van der Waals surface area contributed by atoms with E-state index in [0.29, 0.717) is 24.6 Å². The van der Waals surface area contributed by atoms with Crippen molar-refractivity contribution in [1.29, 1.82) is 5.26 Å². The average Bonchev–Trinajstić information content (AvgIpc) is 3.48. The minimum Gasteiger partial charge on any atom is -0.474 e. The fourth-order valence-electron chi connectivity index (χ4n) is 3.43. The molecule has 0 spiro atoms. The second-order valence-electron chi connectivity index (χ2n) is 6.67. The summed E-state index contributed by atoms with van der Waals surface area (Å²) in [6.45, 7) is 0.980. The molecule has 6 nitrogen and oxygen atoms in total. The highest BCUT2D eigenvalue weighted by molar-refractivity contribution is 7.20. The molecule has 0 saturated heterocycles. The summed E-state index contributed by atoms with van der Waals surface area (Å²) in [6, 6.07) is 20.1. The first-order valence-electron chi connectivity index (χ1n) is 8.80. The van der Waals surface area contributed by atoms with Crippen LogP contribution in [0.3, 0.4) is 0 Å². The molecule has 2 aromatic heterocycles. The van der Waals surface area contributed by atoms with Crippen LogP contribution in [0.2, 0.25) is 0 Å². The summed E-state index contributed by atoms with van der Waals surface area (Å²) in [5.41, 5.74) is 1.17. The van der Waals surface area contributed by atoms with Crippen LogP contribution in [0, 0.1) is 11.3 Å². The average molecular weight is 385 g/mol. The van der Waals surface area contributed by atoms with Gasteiger partial charge in [0.05, 0.1) is 23.1 Å². The van der Waals surface area contributed by atoms with Crippen LogP contribution in [-0.4, -0.2) is 27.3 Å². The first-order chi connectivity index (χ1) is 13.8. The monoisotopic (exact) mass is 385 g/mol. The number of benzene rings is 2. The molecule has 0 N–H and O–H groups in total. The number of hydrogen-bond donors (Lipinski definition) is 0. The molecule has 4 aromatic rings. The second-order valence-corrected chi connectivity index (χ2v) is 7.76. The summed E-state index contributed by atoms with van der Waals surface area (Å²) in [5, 5.41) is 14.5. The molecule has 5 rings (SSSR count). The second kappa shape index (κ2) is 6.59. The molecular weight excluding hydrogens is 370 g/mol. The molecular formula is C21H15N5OS. The maximum atomic E-state index is 9.13. The Labute approximate surface area is 165 Å². The van der Waals surface area contributed by atoms with Gasteiger partial charge in [0.15, 0.2) is 0 Å². The number of nitriles is 1. The third kappa shape index (κ3) is 2.84. The third-order valence-electron chi connectivity index (χ3n) is 4.82. The largest absolute Gasteiger partial charge is 0.474 e. The van der Waals surface area contributed by atoms with Gasteiger partial charge in [-0.1, -0.05) is 36.4 Å². The van der Waals surface area contributed by atoms with E-state index in [-0.39, 0.29) is 0 Å². The summed E-state index contributed by atoms with van der Waals surface area (Å²) in [6.07, 6.45) is 3.22. The fourth-order valence-corrected chi connectivity index (χ4v) is 4.48. The van der Waals surface area contributed by atoms with Crippen molar-refractivity contribution in [3.63, 3.8) is 0 Å². The van der Waals surface area contributed by atoms with Crippen molar-refractivity contribution in [2.24, 2.45) is 4.99 Å². The minimum absolute atomic E-state index is 0.434. The Hall–Kier alpha value is -3.50. The molecule has 7 heteroatoms. The zero-order valence-electron chi connectivity index (χ0n) is 14.8. The van der Waals surface area contributed by atoms with Crippen molar-refractivity contribution >= 4 is 27.3 Å². The van der Waals surface area contributed by atoms with Gasteiger partial charge in [-0.3, -0.25) is 4.68 Å². The molecule has 0 fully saturated rings. The maximum Gasteiger partial charge on any atom is 0.227 e. The molecule has 0 aliphatic carbocycles. The molecule has 0 amide bonds. The van der Waals surface area contributed by atoms with E-state index >= 15 is 0 Å². The Morgan fingerprint density at radius 3 is 2.86 bits per heavy atom. The van der Waals surface area contributed by atoms with Gasteiger partial charge in [0.25, 0.3) is 0 Å². The van der Waals surface area contributed by atoms with Crippen molar-refractivity contribution in [1.82, 2.24) is 14.8 Å². The number of ether oxygens (including phenoxy) is 1. The van der Waals surface area contributed by atoms with Gasteiger partial charge in [0.2, 0.25) is 5.90 Å². The van der Waals surface area contributed by atoms with E-state index in [1.165, 1.54) is 6.33 Å². The Morgan fingerprint density at radius 1 is 1.18 bits per heavy atom. The van der Waals surface area contributed by atoms with Crippen LogP contribution >= 0.6 is 11.3 Å². The molecule has 1 aliphatic rings. The summed E-state index contributed by atoms with van der Waals surface area (Å²) in [5.74, 6) is 0.628. The number of rotatable bonds is 4. The molecule has 0 bridgehead atoms. The molecule has 136 valence electrons. The van der Waals surface area contributed by atoms with Gasteiger partial charge in [-0.2, -0.15) is 10.4 Å². The van der Waals surface area contributed by atoms with E-state index in [9.17, 15) is 0 Å². The zero-order valence-corrected chi connectivity index (χ0v) is 15.6. The van der Waals surface area contributed by atoms with Crippen molar-refractivity contribution in [2.45, 2.75) is 12.1 Å². The normalized spacial score (nSPS) is 18.6. The van der Waals surface area contributed by atoms with Crippen LogP contribution < -0.4 is 0 Å². The Balaban J connectivity index is 1.58. The van der Waals surface area contributed by atoms with Crippen molar-refractivity contribution in [3.05, 3.63) is 83.3 Å². The van der Waals surface area contributed by atoms with E-state index in [1.807, 2.05) is 36.4 Å². The van der Waals surface area contributed by atoms with Gasteiger partial charge in [0, 0.05) is 4.70 Å². The van der Waals surface area contributed by atoms with Gasteiger partial charge in [0.1, 0.15) is 24.8 Å². The highest BCUT2D eigenvalue weighted by Crippen LogP contribution is 2.36. The Bertz CT molecular complexity index is 1210. The van der Waals surface area contributed by atoms with Crippen LogP contribution in [-0.2, 0) is 16.8 Å². The fraction of sp³-hybridized carbons (Fsp3) is 0.143. The lowest BCUT2D eigenvalue weighted by Crippen LogP contribution is -2.31. The molecule has 1 unspecified atom stereocenters. The lowest BCUT2D eigenvalue weighted by atomic mass is 9.92.